The van der Waals surface area contributed by atoms with Crippen molar-refractivity contribution in [1.82, 2.24) is 14.5 Å². The summed E-state index contributed by atoms with van der Waals surface area (Å²) in [6, 6.07) is 8.19. The molecule has 0 radical (unpaired) electrons. The number of fused-ring (bicyclic) bond motifs is 1. The van der Waals surface area contributed by atoms with Gasteiger partial charge >= 0.3 is 0 Å². The van der Waals surface area contributed by atoms with E-state index in [0.29, 0.717) is 6.42 Å². The van der Waals surface area contributed by atoms with Gasteiger partial charge in [-0.3, -0.25) is 4.79 Å². The average Bonchev–Trinajstić information content (AvgIpc) is 3.06. The van der Waals surface area contributed by atoms with Crippen LogP contribution >= 0.6 is 0 Å². The van der Waals surface area contributed by atoms with Crippen molar-refractivity contribution < 1.29 is 4.79 Å². The molecule has 1 unspecified atom stereocenters. The van der Waals surface area contributed by atoms with Gasteiger partial charge in [0.25, 0.3) is 0 Å². The van der Waals surface area contributed by atoms with Crippen molar-refractivity contribution in [2.45, 2.75) is 45.6 Å². The predicted octanol–water partition coefficient (Wildman–Crippen LogP) is 3.73. The Morgan fingerprint density at radius 1 is 1.39 bits per heavy atom. The minimum Gasteiger partial charge on any atom is -0.342 e. The van der Waals surface area contributed by atoms with Crippen LogP contribution in [0.15, 0.2) is 36.4 Å². The Balaban J connectivity index is 1.93. The van der Waals surface area contributed by atoms with Crippen LogP contribution in [0, 0.1) is 0 Å². The van der Waals surface area contributed by atoms with Gasteiger partial charge in [0.15, 0.2) is 0 Å². The van der Waals surface area contributed by atoms with E-state index in [9.17, 15) is 4.79 Å². The lowest BCUT2D eigenvalue weighted by molar-refractivity contribution is -0.127. The van der Waals surface area contributed by atoms with Crippen LogP contribution < -0.4 is 0 Å². The summed E-state index contributed by atoms with van der Waals surface area (Å²) in [5, 5.41) is 0. The predicted molar refractivity (Wildman–Crippen MR) is 93.4 cm³/mol. The molecule has 1 fully saturated rings. The summed E-state index contributed by atoms with van der Waals surface area (Å²) in [5.41, 5.74) is 3.23. The zero-order chi connectivity index (χ0) is 16.4. The Morgan fingerprint density at radius 3 is 2.91 bits per heavy atom. The van der Waals surface area contributed by atoms with Gasteiger partial charge in [0.05, 0.1) is 11.0 Å². The SMILES string of the molecule is C=C(C)Cn1c(C2CC(=O)N(CCCC)C2)nc2ccccc21. The van der Waals surface area contributed by atoms with Gasteiger partial charge in [-0.05, 0) is 25.5 Å². The molecular weight excluding hydrogens is 286 g/mol. The highest BCUT2D eigenvalue weighted by atomic mass is 16.2. The van der Waals surface area contributed by atoms with Crippen LogP contribution in [0.4, 0.5) is 0 Å². The summed E-state index contributed by atoms with van der Waals surface area (Å²) in [7, 11) is 0. The van der Waals surface area contributed by atoms with Crippen molar-refractivity contribution in [3.05, 3.63) is 42.2 Å². The Kier molecular flexibility index (Phi) is 4.51. The maximum absolute atomic E-state index is 12.3. The number of allylic oxidation sites excluding steroid dienone is 1. The largest absolute Gasteiger partial charge is 0.342 e. The molecule has 1 aliphatic rings. The number of rotatable bonds is 6. The number of hydrogen-bond donors (Lipinski definition) is 0. The quantitative estimate of drug-likeness (QED) is 0.762. The monoisotopic (exact) mass is 311 g/mol. The molecule has 1 aromatic carbocycles. The van der Waals surface area contributed by atoms with E-state index in [0.717, 1.165) is 54.9 Å². The lowest BCUT2D eigenvalue weighted by Crippen LogP contribution is -2.26. The molecule has 3 rings (SSSR count). The second-order valence-electron chi connectivity index (χ2n) is 6.60. The summed E-state index contributed by atoms with van der Waals surface area (Å²) < 4.78 is 2.24. The molecule has 4 nitrogen and oxygen atoms in total. The van der Waals surface area contributed by atoms with Crippen molar-refractivity contribution >= 4 is 16.9 Å². The molecule has 1 aromatic heterocycles. The number of benzene rings is 1. The fourth-order valence-electron chi connectivity index (χ4n) is 3.35. The third kappa shape index (κ3) is 3.16. The summed E-state index contributed by atoms with van der Waals surface area (Å²) in [6.07, 6.45) is 2.76. The maximum Gasteiger partial charge on any atom is 0.223 e. The number of unbranched alkanes of at least 4 members (excludes halogenated alkanes) is 1. The Labute approximate surface area is 137 Å². The summed E-state index contributed by atoms with van der Waals surface area (Å²) >= 11 is 0. The molecule has 0 N–H and O–H groups in total. The van der Waals surface area contributed by atoms with E-state index in [4.69, 9.17) is 4.98 Å². The fourth-order valence-corrected chi connectivity index (χ4v) is 3.35. The van der Waals surface area contributed by atoms with E-state index in [1.165, 1.54) is 0 Å². The molecule has 1 atom stereocenters. The van der Waals surface area contributed by atoms with E-state index in [1.54, 1.807) is 0 Å². The maximum atomic E-state index is 12.3. The second-order valence-corrected chi connectivity index (χ2v) is 6.60. The normalized spacial score (nSPS) is 18.1. The van der Waals surface area contributed by atoms with Crippen LogP contribution in [0.25, 0.3) is 11.0 Å². The van der Waals surface area contributed by atoms with Crippen LogP contribution in [-0.2, 0) is 11.3 Å². The van der Waals surface area contributed by atoms with Gasteiger partial charge in [-0.25, -0.2) is 4.98 Å². The molecule has 0 saturated carbocycles. The highest BCUT2D eigenvalue weighted by molar-refractivity contribution is 5.81. The van der Waals surface area contributed by atoms with Crippen molar-refractivity contribution in [3.8, 4) is 0 Å². The summed E-state index contributed by atoms with van der Waals surface area (Å²) in [4.78, 5) is 19.1. The molecule has 0 aliphatic carbocycles. The molecule has 2 aromatic rings. The third-order valence-electron chi connectivity index (χ3n) is 4.47. The van der Waals surface area contributed by atoms with Gasteiger partial charge in [-0.15, -0.1) is 0 Å². The number of amides is 1. The van der Waals surface area contributed by atoms with Crippen LogP contribution in [0.1, 0.15) is 44.9 Å². The lowest BCUT2D eigenvalue weighted by Gasteiger charge is -2.17. The molecule has 2 heterocycles. The first-order chi connectivity index (χ1) is 11.1. The van der Waals surface area contributed by atoms with Gasteiger partial charge in [0.2, 0.25) is 5.91 Å². The van der Waals surface area contributed by atoms with E-state index >= 15 is 0 Å². The molecule has 1 saturated heterocycles. The van der Waals surface area contributed by atoms with Crippen molar-refractivity contribution in [2.24, 2.45) is 0 Å². The molecule has 1 aliphatic heterocycles. The molecule has 0 bridgehead atoms. The number of carbonyl (C=O) groups excluding carboxylic acids is 1. The Hall–Kier alpha value is -2.10. The first-order valence-corrected chi connectivity index (χ1v) is 8.47. The number of hydrogen-bond acceptors (Lipinski definition) is 2. The molecular formula is C19H25N3O. The molecule has 1 amide bonds. The van der Waals surface area contributed by atoms with Gasteiger partial charge in [-0.1, -0.05) is 37.6 Å². The number of carbonyl (C=O) groups is 1. The number of aromatic nitrogens is 2. The lowest BCUT2D eigenvalue weighted by atomic mass is 10.1. The number of likely N-dealkylation sites (tertiary alicyclic amines) is 1. The molecule has 23 heavy (non-hydrogen) atoms. The van der Waals surface area contributed by atoms with Crippen LogP contribution in [0.3, 0.4) is 0 Å². The van der Waals surface area contributed by atoms with Crippen molar-refractivity contribution in [3.63, 3.8) is 0 Å². The van der Waals surface area contributed by atoms with Crippen molar-refractivity contribution in [1.29, 1.82) is 0 Å². The van der Waals surface area contributed by atoms with Crippen molar-refractivity contribution in [2.75, 3.05) is 13.1 Å². The standard InChI is InChI=1S/C19H25N3O/c1-4-5-10-21-13-15(11-18(21)23)19-20-16-8-6-7-9-17(16)22(19)12-14(2)3/h6-9,15H,2,4-5,10-13H2,1,3H3. The van der Waals surface area contributed by atoms with Crippen LogP contribution in [0.5, 0.6) is 0 Å². The summed E-state index contributed by atoms with van der Waals surface area (Å²) in [5.74, 6) is 1.48. The van der Waals surface area contributed by atoms with Gasteiger partial charge in [0, 0.05) is 32.0 Å². The first-order valence-electron chi connectivity index (χ1n) is 8.47. The van der Waals surface area contributed by atoms with Gasteiger partial charge in [-0.2, -0.15) is 0 Å². The third-order valence-corrected chi connectivity index (χ3v) is 4.47. The Bertz CT molecular complexity index is 731. The smallest absolute Gasteiger partial charge is 0.223 e. The average molecular weight is 311 g/mol. The fraction of sp³-hybridized carbons (Fsp3) is 0.474. The Morgan fingerprint density at radius 2 is 2.17 bits per heavy atom. The zero-order valence-corrected chi connectivity index (χ0v) is 14.1. The van der Waals surface area contributed by atoms with E-state index < -0.39 is 0 Å². The minimum atomic E-state index is 0.186. The van der Waals surface area contributed by atoms with E-state index in [1.807, 2.05) is 30.0 Å². The van der Waals surface area contributed by atoms with Crippen LogP contribution in [0.2, 0.25) is 0 Å². The number of para-hydroxylation sites is 2. The highest BCUT2D eigenvalue weighted by Gasteiger charge is 2.33. The molecule has 0 spiro atoms. The first kappa shape index (κ1) is 15.8. The number of imidazole rings is 1. The topological polar surface area (TPSA) is 38.1 Å². The summed E-state index contributed by atoms with van der Waals surface area (Å²) in [6.45, 7) is 10.7. The molecule has 122 valence electrons. The minimum absolute atomic E-state index is 0.186. The van der Waals surface area contributed by atoms with E-state index in [2.05, 4.69) is 24.1 Å². The highest BCUT2D eigenvalue weighted by Crippen LogP contribution is 2.31. The number of nitrogens with zero attached hydrogens (tertiary/aromatic N) is 3. The van der Waals surface area contributed by atoms with Gasteiger partial charge < -0.3 is 9.47 Å². The van der Waals surface area contributed by atoms with E-state index in [-0.39, 0.29) is 11.8 Å². The van der Waals surface area contributed by atoms with Crippen LogP contribution in [-0.4, -0.2) is 33.4 Å². The molecule has 4 heteroatoms. The zero-order valence-electron chi connectivity index (χ0n) is 14.1. The van der Waals surface area contributed by atoms with Gasteiger partial charge in [0.1, 0.15) is 5.82 Å². The second kappa shape index (κ2) is 6.57.